The third kappa shape index (κ3) is 3.41. The lowest BCUT2D eigenvalue weighted by atomic mass is 10.0. The van der Waals surface area contributed by atoms with E-state index in [0.717, 1.165) is 31.9 Å². The monoisotopic (exact) mass is 260 g/mol. The predicted octanol–water partition coefficient (Wildman–Crippen LogP) is 3.42. The fraction of sp³-hybridized carbons (Fsp3) is 0.625. The van der Waals surface area contributed by atoms with Gasteiger partial charge in [0.1, 0.15) is 0 Å². The van der Waals surface area contributed by atoms with Crippen molar-refractivity contribution in [2.45, 2.75) is 26.7 Å². The van der Waals surface area contributed by atoms with Crippen LogP contribution >= 0.6 is 0 Å². The van der Waals surface area contributed by atoms with Gasteiger partial charge in [-0.15, -0.1) is 12.7 Å². The van der Waals surface area contributed by atoms with Crippen LogP contribution in [0.4, 0.5) is 11.4 Å². The largest absolute Gasteiger partial charge is 0.687 e. The van der Waals surface area contributed by atoms with Crippen LogP contribution in [0.1, 0.15) is 25.8 Å². The lowest BCUT2D eigenvalue weighted by Gasteiger charge is -2.34. The highest BCUT2D eigenvalue weighted by Gasteiger charge is 2.16. The molecular weight excluding hydrogens is 234 g/mol. The molecule has 0 atom stereocenters. The summed E-state index contributed by atoms with van der Waals surface area (Å²) in [6.45, 7) is 10.3. The number of rotatable bonds is 6. The molecule has 106 valence electrons. The van der Waals surface area contributed by atoms with Crippen molar-refractivity contribution in [2.24, 2.45) is 0 Å². The molecule has 1 aromatic carbocycles. The fourth-order valence-electron chi connectivity index (χ4n) is 2.83. The van der Waals surface area contributed by atoms with Crippen LogP contribution in [0.3, 0.4) is 0 Å². The number of fused-ring (bicyclic) bond motifs is 1. The van der Waals surface area contributed by atoms with E-state index in [1.54, 1.807) is 0 Å². The van der Waals surface area contributed by atoms with E-state index in [9.17, 15) is 0 Å². The second kappa shape index (κ2) is 6.80. The van der Waals surface area contributed by atoms with E-state index in [0.29, 0.717) is 0 Å². The smallest absolute Gasteiger partial charge is 0.0398 e. The first kappa shape index (κ1) is 14.2. The van der Waals surface area contributed by atoms with E-state index in [1.165, 1.54) is 30.6 Å². The van der Waals surface area contributed by atoms with E-state index in [-0.39, 0.29) is 0 Å². The molecule has 19 heavy (non-hydrogen) atoms. The SMILES string of the molecule is CCN(CC)CCN1CCCc2cc([N-]C)ccc21. The average Bonchev–Trinajstić information content (AvgIpc) is 2.47. The molecule has 1 aromatic rings. The molecule has 0 bridgehead atoms. The second-order valence-corrected chi connectivity index (χ2v) is 5.15. The van der Waals surface area contributed by atoms with Gasteiger partial charge in [0, 0.05) is 25.3 Å². The number of likely N-dealkylation sites (N-methyl/N-ethyl adjacent to an activating group) is 1. The molecule has 0 amide bonds. The Hall–Kier alpha value is -1.22. The summed E-state index contributed by atoms with van der Waals surface area (Å²) in [5.74, 6) is 0. The van der Waals surface area contributed by atoms with Crippen molar-refractivity contribution in [1.29, 1.82) is 0 Å². The molecular formula is C16H26N3-. The van der Waals surface area contributed by atoms with Gasteiger partial charge < -0.3 is 15.1 Å². The zero-order valence-corrected chi connectivity index (χ0v) is 12.5. The van der Waals surface area contributed by atoms with Gasteiger partial charge >= 0.3 is 0 Å². The average molecular weight is 260 g/mol. The Morgan fingerprint density at radius 1 is 1.26 bits per heavy atom. The standard InChI is InChI=1S/C16H26N3/c1-4-18(5-2)11-12-19-10-6-7-14-13-15(17-3)8-9-16(14)19/h8-9,13H,4-7,10-12H2,1-3H3/q-1. The zero-order valence-electron chi connectivity index (χ0n) is 12.5. The Morgan fingerprint density at radius 3 is 2.74 bits per heavy atom. The molecule has 1 heterocycles. The summed E-state index contributed by atoms with van der Waals surface area (Å²) in [5, 5.41) is 4.28. The van der Waals surface area contributed by atoms with Crippen molar-refractivity contribution in [3.63, 3.8) is 0 Å². The van der Waals surface area contributed by atoms with E-state index in [4.69, 9.17) is 0 Å². The van der Waals surface area contributed by atoms with Crippen LogP contribution in [0.25, 0.3) is 5.32 Å². The van der Waals surface area contributed by atoms with Crippen molar-refractivity contribution >= 4 is 11.4 Å². The molecule has 0 saturated carbocycles. The Kier molecular flexibility index (Phi) is 5.08. The first-order valence-electron chi connectivity index (χ1n) is 7.48. The van der Waals surface area contributed by atoms with Crippen LogP contribution in [0, 0.1) is 0 Å². The van der Waals surface area contributed by atoms with E-state index in [1.807, 2.05) is 7.05 Å². The van der Waals surface area contributed by atoms with Crippen molar-refractivity contribution in [3.05, 3.63) is 29.1 Å². The molecule has 2 rings (SSSR count). The Morgan fingerprint density at radius 2 is 2.05 bits per heavy atom. The molecule has 0 unspecified atom stereocenters. The summed E-state index contributed by atoms with van der Waals surface area (Å²) in [7, 11) is 1.86. The van der Waals surface area contributed by atoms with Gasteiger partial charge in [-0.2, -0.15) is 0 Å². The fourth-order valence-corrected chi connectivity index (χ4v) is 2.83. The van der Waals surface area contributed by atoms with Crippen molar-refractivity contribution in [2.75, 3.05) is 44.7 Å². The molecule has 0 aliphatic carbocycles. The summed E-state index contributed by atoms with van der Waals surface area (Å²) in [5.41, 5.74) is 3.99. The highest BCUT2D eigenvalue weighted by atomic mass is 15.2. The molecule has 1 aliphatic rings. The van der Waals surface area contributed by atoms with Crippen molar-refractivity contribution < 1.29 is 0 Å². The molecule has 3 nitrogen and oxygen atoms in total. The van der Waals surface area contributed by atoms with Gasteiger partial charge in [0.2, 0.25) is 0 Å². The summed E-state index contributed by atoms with van der Waals surface area (Å²) in [6.07, 6.45) is 2.46. The van der Waals surface area contributed by atoms with Crippen LogP contribution in [-0.2, 0) is 6.42 Å². The lowest BCUT2D eigenvalue weighted by Crippen LogP contribution is -2.37. The minimum atomic E-state index is 1.10. The molecule has 0 saturated heterocycles. The lowest BCUT2D eigenvalue weighted by molar-refractivity contribution is 0.308. The third-order valence-electron chi connectivity index (χ3n) is 4.12. The number of nitrogens with zero attached hydrogens (tertiary/aromatic N) is 3. The summed E-state index contributed by atoms with van der Waals surface area (Å²) in [4.78, 5) is 5.03. The molecule has 1 aliphatic heterocycles. The van der Waals surface area contributed by atoms with Crippen LogP contribution in [0.2, 0.25) is 0 Å². The third-order valence-corrected chi connectivity index (χ3v) is 4.12. The minimum Gasteiger partial charge on any atom is -0.687 e. The molecule has 0 N–H and O–H groups in total. The Bertz CT molecular complexity index is 399. The number of anilines is 1. The van der Waals surface area contributed by atoms with Gasteiger partial charge in [-0.1, -0.05) is 26.0 Å². The minimum absolute atomic E-state index is 1.10. The van der Waals surface area contributed by atoms with Crippen molar-refractivity contribution in [1.82, 2.24) is 4.90 Å². The molecule has 0 aromatic heterocycles. The maximum absolute atomic E-state index is 4.28. The number of hydrogen-bond acceptors (Lipinski definition) is 2. The Labute approximate surface area is 117 Å². The number of hydrogen-bond donors (Lipinski definition) is 0. The summed E-state index contributed by atoms with van der Waals surface area (Å²) in [6, 6.07) is 6.63. The van der Waals surface area contributed by atoms with E-state index < -0.39 is 0 Å². The van der Waals surface area contributed by atoms with Gasteiger partial charge in [0.15, 0.2) is 0 Å². The predicted molar refractivity (Wildman–Crippen MR) is 83.7 cm³/mol. The highest BCUT2D eigenvalue weighted by molar-refractivity contribution is 5.63. The quantitative estimate of drug-likeness (QED) is 0.781. The normalized spacial score (nSPS) is 14.6. The first-order valence-corrected chi connectivity index (χ1v) is 7.48. The molecule has 0 spiro atoms. The first-order chi connectivity index (χ1) is 9.28. The van der Waals surface area contributed by atoms with Crippen LogP contribution in [0.5, 0.6) is 0 Å². The number of benzene rings is 1. The zero-order chi connectivity index (χ0) is 13.7. The topological polar surface area (TPSA) is 20.6 Å². The Balaban J connectivity index is 2.05. The maximum atomic E-state index is 4.28. The molecule has 0 fully saturated rings. The van der Waals surface area contributed by atoms with Gasteiger partial charge in [-0.05, 0) is 37.6 Å². The van der Waals surface area contributed by atoms with Gasteiger partial charge in [0.25, 0.3) is 0 Å². The summed E-state index contributed by atoms with van der Waals surface area (Å²) >= 11 is 0. The molecule has 3 heteroatoms. The maximum Gasteiger partial charge on any atom is 0.0398 e. The van der Waals surface area contributed by atoms with E-state index >= 15 is 0 Å². The van der Waals surface area contributed by atoms with Gasteiger partial charge in [0.05, 0.1) is 0 Å². The van der Waals surface area contributed by atoms with E-state index in [2.05, 4.69) is 47.2 Å². The summed E-state index contributed by atoms with van der Waals surface area (Å²) < 4.78 is 0. The van der Waals surface area contributed by atoms with Crippen LogP contribution in [0.15, 0.2) is 18.2 Å². The van der Waals surface area contributed by atoms with Crippen molar-refractivity contribution in [3.8, 4) is 0 Å². The van der Waals surface area contributed by atoms with Crippen LogP contribution in [-0.4, -0.2) is 44.7 Å². The highest BCUT2D eigenvalue weighted by Crippen LogP contribution is 2.31. The number of aryl methyl sites for hydroxylation is 1. The van der Waals surface area contributed by atoms with Gasteiger partial charge in [-0.3, -0.25) is 0 Å². The van der Waals surface area contributed by atoms with Crippen LogP contribution < -0.4 is 4.90 Å². The second-order valence-electron chi connectivity index (χ2n) is 5.15. The van der Waals surface area contributed by atoms with Gasteiger partial charge in [-0.25, -0.2) is 0 Å². The molecule has 0 radical (unpaired) electrons.